The largest absolute Gasteiger partial charge is 0.343 e. The van der Waals surface area contributed by atoms with Gasteiger partial charge in [0.25, 0.3) is 0 Å². The van der Waals surface area contributed by atoms with E-state index in [2.05, 4.69) is 15.3 Å². The van der Waals surface area contributed by atoms with Crippen LogP contribution in [0.1, 0.15) is 49.5 Å². The highest BCUT2D eigenvalue weighted by Crippen LogP contribution is 2.32. The van der Waals surface area contributed by atoms with Gasteiger partial charge in [0, 0.05) is 12.5 Å². The number of imidazole rings is 1. The van der Waals surface area contributed by atoms with Crippen LogP contribution < -0.4 is 5.32 Å². The Morgan fingerprint density at radius 2 is 2.13 bits per heavy atom. The summed E-state index contributed by atoms with van der Waals surface area (Å²) in [6, 6.07) is 0. The number of nitrogens with one attached hydrogen (secondary N) is 2. The van der Waals surface area contributed by atoms with Crippen LogP contribution in [0.4, 0.5) is 0 Å². The van der Waals surface area contributed by atoms with E-state index < -0.39 is 0 Å². The highest BCUT2D eigenvalue weighted by Gasteiger charge is 2.19. The van der Waals surface area contributed by atoms with Gasteiger partial charge in [0.1, 0.15) is 5.82 Å². The summed E-state index contributed by atoms with van der Waals surface area (Å²) in [6.07, 6.45) is 6.52. The summed E-state index contributed by atoms with van der Waals surface area (Å²) in [4.78, 5) is 7.77. The van der Waals surface area contributed by atoms with E-state index in [9.17, 15) is 0 Å². The molecule has 1 aromatic heterocycles. The van der Waals surface area contributed by atoms with Gasteiger partial charge in [0.05, 0.1) is 5.69 Å². The van der Waals surface area contributed by atoms with Crippen LogP contribution >= 0.6 is 11.6 Å². The van der Waals surface area contributed by atoms with Crippen molar-refractivity contribution in [3.63, 3.8) is 0 Å². The number of H-pyrrole nitrogens is 1. The Labute approximate surface area is 95.6 Å². The second-order valence-corrected chi connectivity index (χ2v) is 4.61. The maximum atomic E-state index is 6.06. The third kappa shape index (κ3) is 2.52. The molecule has 4 heteroatoms. The summed E-state index contributed by atoms with van der Waals surface area (Å²) >= 11 is 6.06. The van der Waals surface area contributed by atoms with Crippen molar-refractivity contribution >= 4 is 11.6 Å². The molecule has 15 heavy (non-hydrogen) atoms. The molecule has 1 heterocycles. The first-order valence-electron chi connectivity index (χ1n) is 5.70. The molecular formula is C11H18ClN3. The van der Waals surface area contributed by atoms with Crippen LogP contribution in [0.2, 0.25) is 5.15 Å². The van der Waals surface area contributed by atoms with Crippen LogP contribution in [0.5, 0.6) is 0 Å². The van der Waals surface area contributed by atoms with Crippen molar-refractivity contribution in [2.24, 2.45) is 0 Å². The van der Waals surface area contributed by atoms with Crippen molar-refractivity contribution < 1.29 is 0 Å². The summed E-state index contributed by atoms with van der Waals surface area (Å²) in [5.41, 5.74) is 1.01. The molecule has 0 spiro atoms. The highest BCUT2D eigenvalue weighted by atomic mass is 35.5. The lowest BCUT2D eigenvalue weighted by Gasteiger charge is -2.19. The van der Waals surface area contributed by atoms with Gasteiger partial charge in [-0.05, 0) is 19.9 Å². The van der Waals surface area contributed by atoms with Crippen LogP contribution in [-0.2, 0) is 6.54 Å². The minimum absolute atomic E-state index is 0.599. The van der Waals surface area contributed by atoms with Crippen LogP contribution in [0.15, 0.2) is 0 Å². The molecule has 0 bridgehead atoms. The molecule has 2 rings (SSSR count). The molecule has 0 amide bonds. The standard InChI is InChI=1S/C11H18ClN3/c1-13-7-9-10(12)15-11(14-9)8-5-3-2-4-6-8/h8,13H,2-7H2,1H3,(H,14,15). The SMILES string of the molecule is CNCc1[nH]c(C2CCCCC2)nc1Cl. The molecule has 0 aliphatic heterocycles. The van der Waals surface area contributed by atoms with Crippen molar-refractivity contribution in [2.75, 3.05) is 7.05 Å². The van der Waals surface area contributed by atoms with E-state index in [0.29, 0.717) is 11.1 Å². The monoisotopic (exact) mass is 227 g/mol. The van der Waals surface area contributed by atoms with Crippen molar-refractivity contribution in [2.45, 2.75) is 44.6 Å². The molecule has 1 saturated carbocycles. The van der Waals surface area contributed by atoms with Crippen LogP contribution in [0.3, 0.4) is 0 Å². The van der Waals surface area contributed by atoms with Crippen molar-refractivity contribution in [3.8, 4) is 0 Å². The molecule has 84 valence electrons. The zero-order valence-corrected chi connectivity index (χ0v) is 9.90. The third-order valence-corrected chi connectivity index (χ3v) is 3.40. The van der Waals surface area contributed by atoms with Gasteiger partial charge in [0.2, 0.25) is 0 Å². The molecule has 0 unspecified atom stereocenters. The molecule has 0 atom stereocenters. The van der Waals surface area contributed by atoms with E-state index in [-0.39, 0.29) is 0 Å². The Kier molecular flexibility index (Phi) is 3.65. The molecule has 1 aromatic rings. The summed E-state index contributed by atoms with van der Waals surface area (Å²) in [7, 11) is 1.91. The molecule has 0 saturated heterocycles. The molecule has 1 aliphatic rings. The number of hydrogen-bond acceptors (Lipinski definition) is 2. The van der Waals surface area contributed by atoms with Gasteiger partial charge in [-0.25, -0.2) is 4.98 Å². The summed E-state index contributed by atoms with van der Waals surface area (Å²) in [5, 5.41) is 3.71. The minimum Gasteiger partial charge on any atom is -0.343 e. The number of rotatable bonds is 3. The molecular weight excluding hydrogens is 210 g/mol. The fourth-order valence-corrected chi connectivity index (χ4v) is 2.48. The minimum atomic E-state index is 0.599. The molecule has 1 aliphatic carbocycles. The Hall–Kier alpha value is -0.540. The summed E-state index contributed by atoms with van der Waals surface area (Å²) < 4.78 is 0. The van der Waals surface area contributed by atoms with Crippen molar-refractivity contribution in [1.29, 1.82) is 0 Å². The quantitative estimate of drug-likeness (QED) is 0.834. The second kappa shape index (κ2) is 4.99. The van der Waals surface area contributed by atoms with Gasteiger partial charge in [-0.1, -0.05) is 30.9 Å². The Morgan fingerprint density at radius 1 is 1.40 bits per heavy atom. The highest BCUT2D eigenvalue weighted by molar-refractivity contribution is 6.30. The molecule has 3 nitrogen and oxygen atoms in total. The van der Waals surface area contributed by atoms with E-state index >= 15 is 0 Å². The van der Waals surface area contributed by atoms with Crippen LogP contribution in [-0.4, -0.2) is 17.0 Å². The topological polar surface area (TPSA) is 40.7 Å². The number of halogens is 1. The number of aromatic nitrogens is 2. The second-order valence-electron chi connectivity index (χ2n) is 4.26. The van der Waals surface area contributed by atoms with E-state index in [0.717, 1.165) is 18.1 Å². The van der Waals surface area contributed by atoms with Gasteiger partial charge in [-0.3, -0.25) is 0 Å². The lowest BCUT2D eigenvalue weighted by molar-refractivity contribution is 0.430. The Balaban J connectivity index is 2.10. The zero-order chi connectivity index (χ0) is 10.7. The van der Waals surface area contributed by atoms with Crippen molar-refractivity contribution in [1.82, 2.24) is 15.3 Å². The van der Waals surface area contributed by atoms with Crippen LogP contribution in [0.25, 0.3) is 0 Å². The van der Waals surface area contributed by atoms with Gasteiger partial charge < -0.3 is 10.3 Å². The first-order valence-corrected chi connectivity index (χ1v) is 6.08. The molecule has 0 aromatic carbocycles. The number of nitrogens with zero attached hydrogens (tertiary/aromatic N) is 1. The average molecular weight is 228 g/mol. The zero-order valence-electron chi connectivity index (χ0n) is 9.15. The lowest BCUT2D eigenvalue weighted by atomic mass is 9.89. The molecule has 0 radical (unpaired) electrons. The first-order chi connectivity index (χ1) is 7.31. The number of hydrogen-bond donors (Lipinski definition) is 2. The number of aromatic amines is 1. The third-order valence-electron chi connectivity index (χ3n) is 3.09. The molecule has 1 fully saturated rings. The Morgan fingerprint density at radius 3 is 2.80 bits per heavy atom. The molecule has 2 N–H and O–H groups in total. The Bertz CT molecular complexity index is 316. The maximum Gasteiger partial charge on any atom is 0.151 e. The van der Waals surface area contributed by atoms with E-state index in [1.165, 1.54) is 32.1 Å². The van der Waals surface area contributed by atoms with Gasteiger partial charge in [-0.2, -0.15) is 0 Å². The predicted molar refractivity (Wildman–Crippen MR) is 62.2 cm³/mol. The van der Waals surface area contributed by atoms with Crippen molar-refractivity contribution in [3.05, 3.63) is 16.7 Å². The van der Waals surface area contributed by atoms with E-state index in [4.69, 9.17) is 11.6 Å². The summed E-state index contributed by atoms with van der Waals surface area (Å²) in [5.74, 6) is 1.69. The van der Waals surface area contributed by atoms with Gasteiger partial charge in [-0.15, -0.1) is 0 Å². The summed E-state index contributed by atoms with van der Waals surface area (Å²) in [6.45, 7) is 0.762. The van der Waals surface area contributed by atoms with E-state index in [1.54, 1.807) is 0 Å². The van der Waals surface area contributed by atoms with Gasteiger partial charge in [0.15, 0.2) is 5.15 Å². The normalized spacial score (nSPS) is 18.3. The van der Waals surface area contributed by atoms with Crippen LogP contribution in [0, 0.1) is 0 Å². The van der Waals surface area contributed by atoms with Gasteiger partial charge >= 0.3 is 0 Å². The lowest BCUT2D eigenvalue weighted by Crippen LogP contribution is -2.08. The maximum absolute atomic E-state index is 6.06. The fourth-order valence-electron chi connectivity index (χ4n) is 2.27. The van der Waals surface area contributed by atoms with E-state index in [1.807, 2.05) is 7.05 Å². The fraction of sp³-hybridized carbons (Fsp3) is 0.727. The first kappa shape index (κ1) is 11.0. The smallest absolute Gasteiger partial charge is 0.151 e. The predicted octanol–water partition coefficient (Wildman–Crippen LogP) is 2.83. The average Bonchev–Trinajstić information content (AvgIpc) is 2.63.